The summed E-state index contributed by atoms with van der Waals surface area (Å²) < 4.78 is 0. The smallest absolute Gasteiger partial charge is 0.0279 e. The van der Waals surface area contributed by atoms with Crippen molar-refractivity contribution in [2.24, 2.45) is 5.84 Å². The van der Waals surface area contributed by atoms with Gasteiger partial charge in [-0.2, -0.15) is 0 Å². The average molecular weight is 190 g/mol. The zero-order valence-corrected chi connectivity index (χ0v) is 8.45. The van der Waals surface area contributed by atoms with Crippen LogP contribution in [0.3, 0.4) is 0 Å². The van der Waals surface area contributed by atoms with E-state index in [1.165, 1.54) is 31.2 Å². The Balaban J connectivity index is 2.15. The normalized spacial score (nSPS) is 27.5. The molecule has 1 saturated carbocycles. The Labute approximate surface area is 85.5 Å². The minimum atomic E-state index is 0.464. The maximum atomic E-state index is 5.58. The lowest BCUT2D eigenvalue weighted by Crippen LogP contribution is -2.41. The van der Waals surface area contributed by atoms with Crippen LogP contribution < -0.4 is 11.3 Å². The summed E-state index contributed by atoms with van der Waals surface area (Å²) in [6, 6.07) is 11.2. The molecule has 2 rings (SSSR count). The first-order valence-corrected chi connectivity index (χ1v) is 5.43. The van der Waals surface area contributed by atoms with E-state index in [2.05, 4.69) is 35.8 Å². The molecule has 0 amide bonds. The monoisotopic (exact) mass is 190 g/mol. The van der Waals surface area contributed by atoms with Gasteiger partial charge in [-0.3, -0.25) is 11.3 Å². The molecule has 1 aliphatic rings. The van der Waals surface area contributed by atoms with E-state index >= 15 is 0 Å². The van der Waals surface area contributed by atoms with Crippen molar-refractivity contribution in [1.82, 2.24) is 5.43 Å². The Morgan fingerprint density at radius 1 is 1.07 bits per heavy atom. The van der Waals surface area contributed by atoms with E-state index in [1.807, 2.05) is 0 Å². The van der Waals surface area contributed by atoms with Gasteiger partial charge in [-0.1, -0.05) is 43.2 Å². The van der Waals surface area contributed by atoms with Gasteiger partial charge >= 0.3 is 0 Å². The van der Waals surface area contributed by atoms with Crippen molar-refractivity contribution in [3.05, 3.63) is 35.9 Å². The van der Waals surface area contributed by atoms with Crippen LogP contribution in [-0.2, 0) is 0 Å². The van der Waals surface area contributed by atoms with Crippen LogP contribution in [0.5, 0.6) is 0 Å². The van der Waals surface area contributed by atoms with Gasteiger partial charge in [0.2, 0.25) is 0 Å². The molecular formula is C12H18N2. The summed E-state index contributed by atoms with van der Waals surface area (Å²) in [5, 5.41) is 0. The number of hydrazine groups is 1. The van der Waals surface area contributed by atoms with Crippen molar-refractivity contribution in [3.8, 4) is 0 Å². The van der Waals surface area contributed by atoms with E-state index in [0.29, 0.717) is 12.0 Å². The molecule has 0 heterocycles. The fourth-order valence-corrected chi connectivity index (χ4v) is 2.43. The largest absolute Gasteiger partial charge is 0.271 e. The first kappa shape index (κ1) is 9.69. The predicted octanol–water partition coefficient (Wildman–Crippen LogP) is 2.18. The van der Waals surface area contributed by atoms with Crippen LogP contribution in [0.2, 0.25) is 0 Å². The van der Waals surface area contributed by atoms with Gasteiger partial charge in [0.05, 0.1) is 0 Å². The number of benzene rings is 1. The van der Waals surface area contributed by atoms with Crippen LogP contribution in [0, 0.1) is 0 Å². The van der Waals surface area contributed by atoms with Gasteiger partial charge in [-0.05, 0) is 18.4 Å². The molecule has 0 unspecified atom stereocenters. The highest BCUT2D eigenvalue weighted by Crippen LogP contribution is 2.32. The number of hydrogen-bond acceptors (Lipinski definition) is 2. The first-order chi connectivity index (χ1) is 6.92. The molecule has 76 valence electrons. The Bertz CT molecular complexity index is 271. The zero-order valence-electron chi connectivity index (χ0n) is 8.45. The van der Waals surface area contributed by atoms with Crippen LogP contribution in [-0.4, -0.2) is 6.04 Å². The van der Waals surface area contributed by atoms with Gasteiger partial charge in [-0.25, -0.2) is 0 Å². The van der Waals surface area contributed by atoms with Crippen LogP contribution in [0.25, 0.3) is 0 Å². The van der Waals surface area contributed by atoms with E-state index < -0.39 is 0 Å². The van der Waals surface area contributed by atoms with Crippen LogP contribution >= 0.6 is 0 Å². The molecule has 0 aromatic heterocycles. The second kappa shape index (κ2) is 4.58. The third-order valence-corrected chi connectivity index (χ3v) is 3.21. The molecule has 2 atom stereocenters. The average Bonchev–Trinajstić information content (AvgIpc) is 2.30. The maximum absolute atomic E-state index is 5.58. The summed E-state index contributed by atoms with van der Waals surface area (Å²) in [7, 11) is 0. The third kappa shape index (κ3) is 1.97. The fraction of sp³-hybridized carbons (Fsp3) is 0.500. The SMILES string of the molecule is NN[C@H]1CCCC[C@@H]1c1ccccc1. The lowest BCUT2D eigenvalue weighted by molar-refractivity contribution is 0.331. The number of rotatable bonds is 2. The minimum absolute atomic E-state index is 0.464. The standard InChI is InChI=1S/C12H18N2/c13-14-12-9-5-4-8-11(12)10-6-2-1-3-7-10/h1-3,6-7,11-12,14H,4-5,8-9,13H2/t11-,12+/m1/s1. The number of nitrogens with one attached hydrogen (secondary N) is 1. The second-order valence-electron chi connectivity index (χ2n) is 4.07. The summed E-state index contributed by atoms with van der Waals surface area (Å²) in [5.74, 6) is 6.19. The minimum Gasteiger partial charge on any atom is -0.271 e. The summed E-state index contributed by atoms with van der Waals surface area (Å²) in [6.45, 7) is 0. The molecule has 0 bridgehead atoms. The molecule has 0 radical (unpaired) electrons. The molecule has 1 aromatic rings. The highest BCUT2D eigenvalue weighted by Gasteiger charge is 2.24. The van der Waals surface area contributed by atoms with Gasteiger partial charge in [-0.15, -0.1) is 0 Å². The van der Waals surface area contributed by atoms with Crippen LogP contribution in [0.1, 0.15) is 37.2 Å². The van der Waals surface area contributed by atoms with E-state index in [1.54, 1.807) is 0 Å². The third-order valence-electron chi connectivity index (χ3n) is 3.21. The van der Waals surface area contributed by atoms with Gasteiger partial charge in [0.25, 0.3) is 0 Å². The Morgan fingerprint density at radius 2 is 1.79 bits per heavy atom. The Kier molecular flexibility index (Phi) is 3.17. The predicted molar refractivity (Wildman–Crippen MR) is 58.8 cm³/mol. The van der Waals surface area contributed by atoms with Gasteiger partial charge in [0.1, 0.15) is 0 Å². The second-order valence-corrected chi connectivity index (χ2v) is 4.07. The summed E-state index contributed by atoms with van der Waals surface area (Å²) in [5.41, 5.74) is 4.38. The van der Waals surface area contributed by atoms with Crippen molar-refractivity contribution in [3.63, 3.8) is 0 Å². The lowest BCUT2D eigenvalue weighted by Gasteiger charge is -2.31. The van der Waals surface area contributed by atoms with Crippen molar-refractivity contribution >= 4 is 0 Å². The van der Waals surface area contributed by atoms with Gasteiger partial charge < -0.3 is 0 Å². The molecule has 0 saturated heterocycles. The van der Waals surface area contributed by atoms with E-state index in [0.717, 1.165) is 0 Å². The molecule has 2 nitrogen and oxygen atoms in total. The molecule has 0 spiro atoms. The summed E-state index contributed by atoms with van der Waals surface area (Å²) >= 11 is 0. The first-order valence-electron chi connectivity index (χ1n) is 5.43. The summed E-state index contributed by atoms with van der Waals surface area (Å²) in [4.78, 5) is 0. The van der Waals surface area contributed by atoms with E-state index in [9.17, 15) is 0 Å². The topological polar surface area (TPSA) is 38.0 Å². The van der Waals surface area contributed by atoms with Gasteiger partial charge in [0.15, 0.2) is 0 Å². The molecule has 1 aromatic carbocycles. The molecule has 14 heavy (non-hydrogen) atoms. The fourth-order valence-electron chi connectivity index (χ4n) is 2.43. The molecule has 1 fully saturated rings. The zero-order chi connectivity index (χ0) is 9.80. The Hall–Kier alpha value is -0.860. The van der Waals surface area contributed by atoms with Crippen molar-refractivity contribution in [2.45, 2.75) is 37.6 Å². The van der Waals surface area contributed by atoms with Crippen molar-refractivity contribution in [2.75, 3.05) is 0 Å². The molecule has 1 aliphatic carbocycles. The van der Waals surface area contributed by atoms with Crippen molar-refractivity contribution < 1.29 is 0 Å². The maximum Gasteiger partial charge on any atom is 0.0279 e. The van der Waals surface area contributed by atoms with E-state index in [-0.39, 0.29) is 0 Å². The lowest BCUT2D eigenvalue weighted by atomic mass is 9.80. The highest BCUT2D eigenvalue weighted by atomic mass is 15.2. The number of nitrogens with two attached hydrogens (primary N) is 1. The quantitative estimate of drug-likeness (QED) is 0.554. The highest BCUT2D eigenvalue weighted by molar-refractivity contribution is 5.21. The number of hydrogen-bond donors (Lipinski definition) is 2. The molecule has 0 aliphatic heterocycles. The molecule has 2 heteroatoms. The van der Waals surface area contributed by atoms with Crippen LogP contribution in [0.15, 0.2) is 30.3 Å². The summed E-state index contributed by atoms with van der Waals surface area (Å²) in [6.07, 6.45) is 5.10. The Morgan fingerprint density at radius 3 is 2.50 bits per heavy atom. The van der Waals surface area contributed by atoms with Gasteiger partial charge in [0, 0.05) is 12.0 Å². The van der Waals surface area contributed by atoms with Crippen molar-refractivity contribution in [1.29, 1.82) is 0 Å². The molecule has 3 N–H and O–H groups in total. The van der Waals surface area contributed by atoms with Crippen LogP contribution in [0.4, 0.5) is 0 Å². The molecular weight excluding hydrogens is 172 g/mol. The van der Waals surface area contributed by atoms with E-state index in [4.69, 9.17) is 5.84 Å².